The molecule has 2 heterocycles. The van der Waals surface area contributed by atoms with E-state index in [1.807, 2.05) is 59.2 Å². The molecule has 1 aromatic heterocycles. The highest BCUT2D eigenvalue weighted by molar-refractivity contribution is 7.99. The van der Waals surface area contributed by atoms with Gasteiger partial charge in [-0.1, -0.05) is 60.3 Å². The number of hydrogen-bond donors (Lipinski definition) is 0. The fourth-order valence-corrected chi connectivity index (χ4v) is 4.17. The number of amides is 1. The molecule has 0 saturated carbocycles. The molecule has 1 aliphatic rings. The molecule has 0 radical (unpaired) electrons. The first-order valence-corrected chi connectivity index (χ1v) is 11.0. The molecule has 160 valence electrons. The first-order chi connectivity index (χ1) is 15.2. The Hall–Kier alpha value is -3.26. The van der Waals surface area contributed by atoms with E-state index >= 15 is 0 Å². The van der Waals surface area contributed by atoms with E-state index in [1.165, 1.54) is 11.8 Å². The van der Waals surface area contributed by atoms with E-state index in [0.29, 0.717) is 36.4 Å². The zero-order valence-electron chi connectivity index (χ0n) is 17.3. The van der Waals surface area contributed by atoms with Crippen molar-refractivity contribution < 1.29 is 14.3 Å². The number of aromatic nitrogens is 3. The number of hydrogen-bond acceptors (Lipinski definition) is 6. The summed E-state index contributed by atoms with van der Waals surface area (Å²) in [6.45, 7) is 5.26. The zero-order chi connectivity index (χ0) is 21.6. The Kier molecular flexibility index (Phi) is 6.57. The van der Waals surface area contributed by atoms with Crippen molar-refractivity contribution >= 4 is 17.7 Å². The van der Waals surface area contributed by atoms with E-state index in [1.54, 1.807) is 18.0 Å². The Morgan fingerprint density at radius 2 is 1.94 bits per heavy atom. The fraction of sp³-hybridized carbons (Fsp3) is 0.261. The normalized spacial score (nSPS) is 14.8. The second-order valence-electron chi connectivity index (χ2n) is 7.13. The van der Waals surface area contributed by atoms with Gasteiger partial charge in [0.2, 0.25) is 5.91 Å². The van der Waals surface area contributed by atoms with Gasteiger partial charge in [0, 0.05) is 20.1 Å². The van der Waals surface area contributed by atoms with Crippen molar-refractivity contribution in [3.8, 4) is 11.5 Å². The Bertz CT molecular complexity index is 1050. The lowest BCUT2D eigenvalue weighted by molar-refractivity contribution is -0.127. The number of nitrogens with zero attached hydrogens (tertiary/aromatic N) is 4. The van der Waals surface area contributed by atoms with Gasteiger partial charge in [0.25, 0.3) is 0 Å². The standard InChI is InChI=1S/C23H24N4O3S/c1-3-13-27-22(20-15-29-18-11-7-8-12-19(18)30-20)24-25-23(27)31-16-21(28)26(2)14-17-9-5-4-6-10-17/h3-12,20H,1,13-16H2,2H3. The molecule has 1 unspecified atom stereocenters. The van der Waals surface area contributed by atoms with Crippen LogP contribution in [0.1, 0.15) is 17.5 Å². The van der Waals surface area contributed by atoms with Gasteiger partial charge in [-0.3, -0.25) is 9.36 Å². The van der Waals surface area contributed by atoms with Crippen LogP contribution in [0.15, 0.2) is 72.4 Å². The van der Waals surface area contributed by atoms with Gasteiger partial charge in [-0.05, 0) is 17.7 Å². The third-order valence-electron chi connectivity index (χ3n) is 4.87. The summed E-state index contributed by atoms with van der Waals surface area (Å²) in [4.78, 5) is 14.3. The summed E-state index contributed by atoms with van der Waals surface area (Å²) in [6.07, 6.45) is 1.39. The molecule has 0 N–H and O–H groups in total. The molecule has 0 saturated heterocycles. The largest absolute Gasteiger partial charge is 0.485 e. The number of para-hydroxylation sites is 2. The number of benzene rings is 2. The molecule has 3 aromatic rings. The molecule has 7 nitrogen and oxygen atoms in total. The van der Waals surface area contributed by atoms with E-state index in [0.717, 1.165) is 11.3 Å². The van der Waals surface area contributed by atoms with Gasteiger partial charge in [-0.15, -0.1) is 16.8 Å². The molecule has 0 bridgehead atoms. The molecule has 2 aromatic carbocycles. The van der Waals surface area contributed by atoms with Crippen molar-refractivity contribution in [2.75, 3.05) is 19.4 Å². The van der Waals surface area contributed by atoms with Crippen molar-refractivity contribution in [1.29, 1.82) is 0 Å². The van der Waals surface area contributed by atoms with Crippen LogP contribution in [0.2, 0.25) is 0 Å². The average molecular weight is 437 g/mol. The molecular formula is C23H24N4O3S. The maximum Gasteiger partial charge on any atom is 0.233 e. The van der Waals surface area contributed by atoms with Crippen molar-refractivity contribution in [3.05, 3.63) is 78.6 Å². The van der Waals surface area contributed by atoms with Crippen molar-refractivity contribution in [2.45, 2.75) is 24.3 Å². The summed E-state index contributed by atoms with van der Waals surface area (Å²) in [5.74, 6) is 2.34. The van der Waals surface area contributed by atoms with Crippen molar-refractivity contribution in [1.82, 2.24) is 19.7 Å². The summed E-state index contributed by atoms with van der Waals surface area (Å²) in [7, 11) is 1.81. The van der Waals surface area contributed by atoms with Gasteiger partial charge in [-0.2, -0.15) is 0 Å². The minimum atomic E-state index is -0.381. The quantitative estimate of drug-likeness (QED) is 0.396. The van der Waals surface area contributed by atoms with E-state index < -0.39 is 0 Å². The van der Waals surface area contributed by atoms with Crippen LogP contribution in [-0.2, 0) is 17.9 Å². The first kappa shape index (κ1) is 21.0. The number of carbonyl (C=O) groups is 1. The molecule has 4 rings (SSSR count). The Balaban J connectivity index is 1.43. The Labute approximate surface area is 185 Å². The third-order valence-corrected chi connectivity index (χ3v) is 5.82. The molecule has 0 aliphatic carbocycles. The highest BCUT2D eigenvalue weighted by atomic mass is 32.2. The van der Waals surface area contributed by atoms with Crippen LogP contribution in [-0.4, -0.2) is 45.0 Å². The van der Waals surface area contributed by atoms with E-state index in [-0.39, 0.29) is 17.8 Å². The van der Waals surface area contributed by atoms with Crippen LogP contribution in [0.5, 0.6) is 11.5 Å². The lowest BCUT2D eigenvalue weighted by atomic mass is 10.2. The van der Waals surface area contributed by atoms with Crippen LogP contribution in [0.3, 0.4) is 0 Å². The minimum Gasteiger partial charge on any atom is -0.485 e. The first-order valence-electron chi connectivity index (χ1n) is 9.99. The lowest BCUT2D eigenvalue weighted by Gasteiger charge is -2.26. The molecule has 0 spiro atoms. The smallest absolute Gasteiger partial charge is 0.233 e. The number of rotatable bonds is 8. The van der Waals surface area contributed by atoms with E-state index in [4.69, 9.17) is 9.47 Å². The molecule has 31 heavy (non-hydrogen) atoms. The van der Waals surface area contributed by atoms with E-state index in [2.05, 4.69) is 16.8 Å². The van der Waals surface area contributed by atoms with Crippen LogP contribution < -0.4 is 9.47 Å². The summed E-state index contributed by atoms with van der Waals surface area (Å²) in [6, 6.07) is 17.5. The van der Waals surface area contributed by atoms with Gasteiger partial charge in [0.15, 0.2) is 28.6 Å². The highest BCUT2D eigenvalue weighted by Crippen LogP contribution is 2.36. The maximum absolute atomic E-state index is 12.6. The Morgan fingerprint density at radius 3 is 2.71 bits per heavy atom. The lowest BCUT2D eigenvalue weighted by Crippen LogP contribution is -2.28. The maximum atomic E-state index is 12.6. The highest BCUT2D eigenvalue weighted by Gasteiger charge is 2.28. The summed E-state index contributed by atoms with van der Waals surface area (Å²) in [5, 5.41) is 9.29. The third kappa shape index (κ3) is 4.91. The number of thioether (sulfide) groups is 1. The monoisotopic (exact) mass is 436 g/mol. The average Bonchev–Trinajstić information content (AvgIpc) is 3.20. The SMILES string of the molecule is C=CCn1c(SCC(=O)N(C)Cc2ccccc2)nnc1C1COc2ccccc2O1. The van der Waals surface area contributed by atoms with Crippen LogP contribution in [0.4, 0.5) is 0 Å². The number of carbonyl (C=O) groups excluding carboxylic acids is 1. The van der Waals surface area contributed by atoms with E-state index in [9.17, 15) is 4.79 Å². The topological polar surface area (TPSA) is 69.5 Å². The van der Waals surface area contributed by atoms with Crippen LogP contribution >= 0.6 is 11.8 Å². The zero-order valence-corrected chi connectivity index (χ0v) is 18.1. The predicted molar refractivity (Wildman–Crippen MR) is 119 cm³/mol. The number of fused-ring (bicyclic) bond motifs is 1. The van der Waals surface area contributed by atoms with Gasteiger partial charge >= 0.3 is 0 Å². The summed E-state index contributed by atoms with van der Waals surface area (Å²) in [5.41, 5.74) is 1.09. The van der Waals surface area contributed by atoms with Gasteiger partial charge in [0.05, 0.1) is 5.75 Å². The number of allylic oxidation sites excluding steroid dienone is 1. The van der Waals surface area contributed by atoms with Gasteiger partial charge in [0.1, 0.15) is 6.61 Å². The molecule has 1 aliphatic heterocycles. The fourth-order valence-electron chi connectivity index (χ4n) is 3.27. The molecule has 0 fully saturated rings. The molecular weight excluding hydrogens is 412 g/mol. The number of ether oxygens (including phenoxy) is 2. The van der Waals surface area contributed by atoms with Gasteiger partial charge in [-0.25, -0.2) is 0 Å². The second-order valence-corrected chi connectivity index (χ2v) is 8.07. The van der Waals surface area contributed by atoms with Crippen molar-refractivity contribution in [2.24, 2.45) is 0 Å². The van der Waals surface area contributed by atoms with Crippen LogP contribution in [0, 0.1) is 0 Å². The van der Waals surface area contributed by atoms with Gasteiger partial charge < -0.3 is 14.4 Å². The predicted octanol–water partition coefficient (Wildman–Crippen LogP) is 3.73. The van der Waals surface area contributed by atoms with Crippen LogP contribution in [0.25, 0.3) is 0 Å². The van der Waals surface area contributed by atoms with Crippen molar-refractivity contribution in [3.63, 3.8) is 0 Å². The minimum absolute atomic E-state index is 0.0229. The Morgan fingerprint density at radius 1 is 1.19 bits per heavy atom. The summed E-state index contributed by atoms with van der Waals surface area (Å²) < 4.78 is 13.8. The summed E-state index contributed by atoms with van der Waals surface area (Å²) >= 11 is 1.36. The molecule has 1 amide bonds. The molecule has 1 atom stereocenters. The second kappa shape index (κ2) is 9.70. The molecule has 8 heteroatoms.